The lowest BCUT2D eigenvalue weighted by molar-refractivity contribution is -0.0478. The molecule has 11 heavy (non-hydrogen) atoms. The van der Waals surface area contributed by atoms with Crippen LogP contribution in [0.4, 0.5) is 0 Å². The third-order valence-electron chi connectivity index (χ3n) is 2.08. The smallest absolute Gasteiger partial charge is 0.110 e. The highest BCUT2D eigenvalue weighted by molar-refractivity contribution is 5.13. The fourth-order valence-electron chi connectivity index (χ4n) is 1.29. The Morgan fingerprint density at radius 1 is 1.45 bits per heavy atom. The van der Waals surface area contributed by atoms with Gasteiger partial charge in [-0.15, -0.1) is 0 Å². The van der Waals surface area contributed by atoms with Crippen molar-refractivity contribution in [2.24, 2.45) is 0 Å². The van der Waals surface area contributed by atoms with Gasteiger partial charge in [-0.1, -0.05) is 18.6 Å². The van der Waals surface area contributed by atoms with Crippen molar-refractivity contribution < 1.29 is 15.3 Å². The van der Waals surface area contributed by atoms with Crippen molar-refractivity contribution >= 4 is 0 Å². The molecule has 0 aromatic rings. The maximum absolute atomic E-state index is 9.20. The third-order valence-corrected chi connectivity index (χ3v) is 2.08. The van der Waals surface area contributed by atoms with Crippen molar-refractivity contribution in [1.29, 1.82) is 0 Å². The highest BCUT2D eigenvalue weighted by Crippen LogP contribution is 2.21. The fourth-order valence-corrected chi connectivity index (χ4v) is 1.29. The Balaban J connectivity index is 2.68. The predicted molar refractivity (Wildman–Crippen MR) is 41.0 cm³/mol. The molecule has 64 valence electrons. The van der Waals surface area contributed by atoms with Crippen LogP contribution in [0.3, 0.4) is 0 Å². The molecule has 3 nitrogen and oxygen atoms in total. The molecule has 0 heterocycles. The molecule has 1 aliphatic rings. The van der Waals surface area contributed by atoms with E-state index in [-0.39, 0.29) is 0 Å². The second-order valence-corrected chi connectivity index (χ2v) is 2.93. The Bertz CT molecular complexity index is 165. The number of aliphatic hydroxyl groups is 3. The Labute approximate surface area is 66.0 Å². The summed E-state index contributed by atoms with van der Waals surface area (Å²) in [6.45, 7) is 1.96. The van der Waals surface area contributed by atoms with Crippen LogP contribution in [0.5, 0.6) is 0 Å². The van der Waals surface area contributed by atoms with E-state index in [0.717, 1.165) is 12.0 Å². The van der Waals surface area contributed by atoms with Crippen LogP contribution in [-0.4, -0.2) is 33.6 Å². The minimum absolute atomic E-state index is 0.481. The first-order chi connectivity index (χ1) is 5.15. The maximum Gasteiger partial charge on any atom is 0.110 e. The Morgan fingerprint density at radius 2 is 2.09 bits per heavy atom. The van der Waals surface area contributed by atoms with Crippen LogP contribution >= 0.6 is 0 Å². The summed E-state index contributed by atoms with van der Waals surface area (Å²) < 4.78 is 0. The van der Waals surface area contributed by atoms with E-state index in [4.69, 9.17) is 10.2 Å². The SMILES string of the molecule is CCC1=CC(O)C(O)C(O)C1. The average Bonchev–Trinajstić information content (AvgIpc) is 1.99. The summed E-state index contributed by atoms with van der Waals surface area (Å²) in [5, 5.41) is 27.5. The average molecular weight is 158 g/mol. The Kier molecular flexibility index (Phi) is 2.65. The van der Waals surface area contributed by atoms with Crippen LogP contribution in [0.2, 0.25) is 0 Å². The second-order valence-electron chi connectivity index (χ2n) is 2.93. The molecule has 0 saturated carbocycles. The minimum Gasteiger partial charge on any atom is -0.390 e. The lowest BCUT2D eigenvalue weighted by Gasteiger charge is -2.27. The van der Waals surface area contributed by atoms with E-state index < -0.39 is 18.3 Å². The van der Waals surface area contributed by atoms with Gasteiger partial charge in [0, 0.05) is 0 Å². The first kappa shape index (κ1) is 8.71. The Morgan fingerprint density at radius 3 is 2.55 bits per heavy atom. The standard InChI is InChI=1S/C8H14O3/c1-2-5-3-6(9)8(11)7(10)4-5/h3,6-11H,2,4H2,1H3. The van der Waals surface area contributed by atoms with Gasteiger partial charge in [0.25, 0.3) is 0 Å². The van der Waals surface area contributed by atoms with Crippen LogP contribution in [0.25, 0.3) is 0 Å². The quantitative estimate of drug-likeness (QED) is 0.463. The van der Waals surface area contributed by atoms with Crippen LogP contribution in [-0.2, 0) is 0 Å². The number of rotatable bonds is 1. The third kappa shape index (κ3) is 1.80. The van der Waals surface area contributed by atoms with Crippen LogP contribution in [0.1, 0.15) is 19.8 Å². The van der Waals surface area contributed by atoms with E-state index in [2.05, 4.69) is 0 Å². The second kappa shape index (κ2) is 3.34. The molecule has 1 aliphatic carbocycles. The van der Waals surface area contributed by atoms with E-state index >= 15 is 0 Å². The van der Waals surface area contributed by atoms with Gasteiger partial charge in [0.15, 0.2) is 0 Å². The number of aliphatic hydroxyl groups excluding tert-OH is 3. The zero-order valence-corrected chi connectivity index (χ0v) is 6.57. The molecule has 3 unspecified atom stereocenters. The minimum atomic E-state index is -1.01. The van der Waals surface area contributed by atoms with E-state index in [0.29, 0.717) is 6.42 Å². The Hall–Kier alpha value is -0.380. The van der Waals surface area contributed by atoms with Gasteiger partial charge in [-0.3, -0.25) is 0 Å². The van der Waals surface area contributed by atoms with Crippen molar-refractivity contribution in [3.63, 3.8) is 0 Å². The zero-order valence-electron chi connectivity index (χ0n) is 6.57. The van der Waals surface area contributed by atoms with Gasteiger partial charge in [-0.2, -0.15) is 0 Å². The summed E-state index contributed by atoms with van der Waals surface area (Å²) in [7, 11) is 0. The van der Waals surface area contributed by atoms with Crippen LogP contribution in [0.15, 0.2) is 11.6 Å². The molecule has 1 rings (SSSR count). The lowest BCUT2D eigenvalue weighted by atomic mass is 9.91. The van der Waals surface area contributed by atoms with Gasteiger partial charge >= 0.3 is 0 Å². The molecule has 0 bridgehead atoms. The van der Waals surface area contributed by atoms with Crippen LogP contribution in [0, 0.1) is 0 Å². The maximum atomic E-state index is 9.20. The van der Waals surface area contributed by atoms with Gasteiger partial charge in [-0.05, 0) is 12.8 Å². The van der Waals surface area contributed by atoms with Crippen LogP contribution < -0.4 is 0 Å². The molecule has 0 aromatic heterocycles. The monoisotopic (exact) mass is 158 g/mol. The highest BCUT2D eigenvalue weighted by atomic mass is 16.4. The summed E-state index contributed by atoms with van der Waals surface area (Å²) in [5.41, 5.74) is 1.01. The van der Waals surface area contributed by atoms with E-state index in [1.165, 1.54) is 0 Å². The summed E-state index contributed by atoms with van der Waals surface area (Å²) in [5.74, 6) is 0. The lowest BCUT2D eigenvalue weighted by Crippen LogP contribution is -2.39. The van der Waals surface area contributed by atoms with Gasteiger partial charge in [0.2, 0.25) is 0 Å². The predicted octanol–water partition coefficient (Wildman–Crippen LogP) is -0.191. The molecule has 3 heteroatoms. The molecule has 0 aromatic carbocycles. The topological polar surface area (TPSA) is 60.7 Å². The molecular formula is C8H14O3. The molecule has 0 amide bonds. The van der Waals surface area contributed by atoms with Gasteiger partial charge in [-0.25, -0.2) is 0 Å². The van der Waals surface area contributed by atoms with Gasteiger partial charge < -0.3 is 15.3 Å². The molecule has 3 N–H and O–H groups in total. The molecule has 0 spiro atoms. The van der Waals surface area contributed by atoms with Crippen molar-refractivity contribution in [1.82, 2.24) is 0 Å². The number of hydrogen-bond acceptors (Lipinski definition) is 3. The first-order valence-electron chi connectivity index (χ1n) is 3.89. The summed E-state index contributed by atoms with van der Waals surface area (Å²) in [4.78, 5) is 0. The van der Waals surface area contributed by atoms with E-state index in [1.54, 1.807) is 6.08 Å². The molecule has 0 saturated heterocycles. The molecule has 0 radical (unpaired) electrons. The summed E-state index contributed by atoms with van der Waals surface area (Å²) in [6.07, 6.45) is 0.219. The first-order valence-corrected chi connectivity index (χ1v) is 3.89. The fraction of sp³-hybridized carbons (Fsp3) is 0.750. The molecule has 0 aliphatic heterocycles. The molecular weight excluding hydrogens is 144 g/mol. The van der Waals surface area contributed by atoms with E-state index in [9.17, 15) is 5.11 Å². The largest absolute Gasteiger partial charge is 0.390 e. The highest BCUT2D eigenvalue weighted by Gasteiger charge is 2.27. The number of hydrogen-bond donors (Lipinski definition) is 3. The molecule has 0 fully saturated rings. The van der Waals surface area contributed by atoms with Crippen molar-refractivity contribution in [2.45, 2.75) is 38.1 Å². The van der Waals surface area contributed by atoms with Gasteiger partial charge in [0.1, 0.15) is 12.2 Å². The summed E-state index contributed by atoms with van der Waals surface area (Å²) in [6, 6.07) is 0. The van der Waals surface area contributed by atoms with Gasteiger partial charge in [0.05, 0.1) is 6.10 Å². The van der Waals surface area contributed by atoms with E-state index in [1.807, 2.05) is 6.92 Å². The normalized spacial score (nSPS) is 38.5. The van der Waals surface area contributed by atoms with Crippen molar-refractivity contribution in [3.05, 3.63) is 11.6 Å². The zero-order chi connectivity index (χ0) is 8.43. The van der Waals surface area contributed by atoms with Crippen molar-refractivity contribution in [2.75, 3.05) is 0 Å². The van der Waals surface area contributed by atoms with Crippen molar-refractivity contribution in [3.8, 4) is 0 Å². The summed E-state index contributed by atoms with van der Waals surface area (Å²) >= 11 is 0. The molecule has 3 atom stereocenters.